The van der Waals surface area contributed by atoms with Crippen molar-refractivity contribution in [3.05, 3.63) is 34.3 Å². The molecule has 0 saturated heterocycles. The molecule has 0 aromatic heterocycles. The van der Waals surface area contributed by atoms with Gasteiger partial charge in [0.15, 0.2) is 0 Å². The zero-order valence-electron chi connectivity index (χ0n) is 13.8. The SMILES string of the molecule is CCCNC(c1ccc(Cl)c(C)c1)C1CCCC(CC)C1. The fourth-order valence-electron chi connectivity index (χ4n) is 3.72. The number of nitrogens with one attached hydrogen (secondary N) is 1. The summed E-state index contributed by atoms with van der Waals surface area (Å²) in [4.78, 5) is 0. The minimum atomic E-state index is 0.496. The Hall–Kier alpha value is -0.530. The van der Waals surface area contributed by atoms with Gasteiger partial charge in [-0.2, -0.15) is 0 Å². The highest BCUT2D eigenvalue weighted by Gasteiger charge is 2.28. The van der Waals surface area contributed by atoms with Crippen LogP contribution in [0, 0.1) is 18.8 Å². The molecule has 1 saturated carbocycles. The van der Waals surface area contributed by atoms with Crippen LogP contribution in [0.15, 0.2) is 18.2 Å². The molecular weight excluding hydrogens is 278 g/mol. The molecule has 1 aromatic rings. The van der Waals surface area contributed by atoms with Crippen LogP contribution in [-0.2, 0) is 0 Å². The average molecular weight is 308 g/mol. The van der Waals surface area contributed by atoms with Crippen molar-refractivity contribution in [2.45, 2.75) is 65.3 Å². The molecule has 3 atom stereocenters. The van der Waals surface area contributed by atoms with E-state index < -0.39 is 0 Å². The monoisotopic (exact) mass is 307 g/mol. The van der Waals surface area contributed by atoms with Crippen molar-refractivity contribution < 1.29 is 0 Å². The van der Waals surface area contributed by atoms with Crippen molar-refractivity contribution in [2.24, 2.45) is 11.8 Å². The van der Waals surface area contributed by atoms with Crippen molar-refractivity contribution in [3.8, 4) is 0 Å². The molecule has 0 aliphatic heterocycles. The van der Waals surface area contributed by atoms with Crippen molar-refractivity contribution in [1.82, 2.24) is 5.32 Å². The molecule has 1 N–H and O–H groups in total. The quantitative estimate of drug-likeness (QED) is 0.689. The molecular formula is C19H30ClN. The molecule has 0 spiro atoms. The first-order chi connectivity index (χ1) is 10.2. The topological polar surface area (TPSA) is 12.0 Å². The van der Waals surface area contributed by atoms with Gasteiger partial charge in [0, 0.05) is 11.1 Å². The first-order valence-electron chi connectivity index (χ1n) is 8.65. The second-order valence-corrected chi connectivity index (χ2v) is 7.05. The first-order valence-corrected chi connectivity index (χ1v) is 9.02. The predicted octanol–water partition coefficient (Wildman–Crippen LogP) is 5.91. The summed E-state index contributed by atoms with van der Waals surface area (Å²) >= 11 is 6.20. The van der Waals surface area contributed by atoms with Crippen LogP contribution in [0.3, 0.4) is 0 Å². The number of halogens is 1. The Morgan fingerprint density at radius 2 is 2.10 bits per heavy atom. The summed E-state index contributed by atoms with van der Waals surface area (Å²) in [5.41, 5.74) is 2.62. The van der Waals surface area contributed by atoms with E-state index in [2.05, 4.69) is 44.3 Å². The molecule has 0 heterocycles. The van der Waals surface area contributed by atoms with E-state index in [0.29, 0.717) is 6.04 Å². The summed E-state index contributed by atoms with van der Waals surface area (Å²) < 4.78 is 0. The van der Waals surface area contributed by atoms with Crippen LogP contribution in [0.5, 0.6) is 0 Å². The van der Waals surface area contributed by atoms with Crippen LogP contribution in [0.2, 0.25) is 5.02 Å². The third-order valence-corrected chi connectivity index (χ3v) is 5.45. The van der Waals surface area contributed by atoms with E-state index in [1.807, 2.05) is 0 Å². The minimum absolute atomic E-state index is 0.496. The van der Waals surface area contributed by atoms with Gasteiger partial charge in [-0.3, -0.25) is 0 Å². The van der Waals surface area contributed by atoms with E-state index >= 15 is 0 Å². The van der Waals surface area contributed by atoms with Crippen LogP contribution in [-0.4, -0.2) is 6.54 Å². The first kappa shape index (κ1) is 16.8. The third-order valence-electron chi connectivity index (χ3n) is 5.03. The fourth-order valence-corrected chi connectivity index (χ4v) is 3.84. The zero-order valence-corrected chi connectivity index (χ0v) is 14.5. The molecule has 2 heteroatoms. The van der Waals surface area contributed by atoms with Gasteiger partial charge in [0.05, 0.1) is 0 Å². The largest absolute Gasteiger partial charge is 0.310 e. The Balaban J connectivity index is 2.18. The van der Waals surface area contributed by atoms with Crippen LogP contribution < -0.4 is 5.32 Å². The van der Waals surface area contributed by atoms with E-state index in [0.717, 1.165) is 23.4 Å². The molecule has 2 rings (SSSR count). The summed E-state index contributed by atoms with van der Waals surface area (Å²) in [7, 11) is 0. The molecule has 1 aromatic carbocycles. The van der Waals surface area contributed by atoms with Crippen LogP contribution in [0.1, 0.15) is 69.5 Å². The van der Waals surface area contributed by atoms with Gasteiger partial charge in [0.1, 0.15) is 0 Å². The molecule has 1 aliphatic carbocycles. The van der Waals surface area contributed by atoms with Crippen LogP contribution in [0.4, 0.5) is 0 Å². The lowest BCUT2D eigenvalue weighted by Gasteiger charge is -2.35. The second-order valence-electron chi connectivity index (χ2n) is 6.64. The number of aryl methyl sites for hydroxylation is 1. The maximum Gasteiger partial charge on any atom is 0.0435 e. The lowest BCUT2D eigenvalue weighted by Crippen LogP contribution is -2.32. The summed E-state index contributed by atoms with van der Waals surface area (Å²) in [5.74, 6) is 1.69. The third kappa shape index (κ3) is 4.47. The highest BCUT2D eigenvalue weighted by Crippen LogP contribution is 2.39. The molecule has 1 nitrogen and oxygen atoms in total. The maximum atomic E-state index is 6.20. The Kier molecular flexibility index (Phi) is 6.57. The Morgan fingerprint density at radius 3 is 2.76 bits per heavy atom. The minimum Gasteiger partial charge on any atom is -0.310 e. The van der Waals surface area contributed by atoms with Gasteiger partial charge in [-0.25, -0.2) is 0 Å². The Bertz CT molecular complexity index is 443. The van der Waals surface area contributed by atoms with Crippen molar-refractivity contribution in [1.29, 1.82) is 0 Å². The van der Waals surface area contributed by atoms with E-state index in [1.54, 1.807) is 0 Å². The van der Waals surface area contributed by atoms with Crippen LogP contribution >= 0.6 is 11.6 Å². The highest BCUT2D eigenvalue weighted by molar-refractivity contribution is 6.31. The number of hydrogen-bond donors (Lipinski definition) is 1. The Morgan fingerprint density at radius 1 is 1.29 bits per heavy atom. The summed E-state index contributed by atoms with van der Waals surface area (Å²) in [5, 5.41) is 4.68. The van der Waals surface area contributed by atoms with Gasteiger partial charge >= 0.3 is 0 Å². The maximum absolute atomic E-state index is 6.20. The number of hydrogen-bond acceptors (Lipinski definition) is 1. The summed E-state index contributed by atoms with van der Waals surface area (Å²) in [6, 6.07) is 7.06. The number of benzene rings is 1. The van der Waals surface area contributed by atoms with Gasteiger partial charge in [-0.05, 0) is 61.8 Å². The average Bonchev–Trinajstić information content (AvgIpc) is 2.51. The normalized spacial score (nSPS) is 24.0. The standard InChI is InChI=1S/C19H30ClN/c1-4-11-21-19(16-8-6-7-15(5-2)13-16)17-9-10-18(20)14(3)12-17/h9-10,12,15-16,19,21H,4-8,11,13H2,1-3H3. The van der Waals surface area contributed by atoms with E-state index in [1.165, 1.54) is 49.7 Å². The van der Waals surface area contributed by atoms with E-state index in [9.17, 15) is 0 Å². The fraction of sp³-hybridized carbons (Fsp3) is 0.684. The molecule has 0 radical (unpaired) electrons. The lowest BCUT2D eigenvalue weighted by molar-refractivity contribution is 0.209. The summed E-state index contributed by atoms with van der Waals surface area (Å²) in [6.07, 6.45) is 8.07. The molecule has 21 heavy (non-hydrogen) atoms. The summed E-state index contributed by atoms with van der Waals surface area (Å²) in [6.45, 7) is 7.79. The van der Waals surface area contributed by atoms with Gasteiger partial charge in [0.25, 0.3) is 0 Å². The smallest absolute Gasteiger partial charge is 0.0435 e. The van der Waals surface area contributed by atoms with Crippen molar-refractivity contribution >= 4 is 11.6 Å². The molecule has 0 bridgehead atoms. The Labute approximate surface area is 135 Å². The molecule has 118 valence electrons. The van der Waals surface area contributed by atoms with Gasteiger partial charge in [-0.15, -0.1) is 0 Å². The van der Waals surface area contributed by atoms with Crippen molar-refractivity contribution in [3.63, 3.8) is 0 Å². The second kappa shape index (κ2) is 8.19. The van der Waals surface area contributed by atoms with E-state index in [-0.39, 0.29) is 0 Å². The van der Waals surface area contributed by atoms with Gasteiger partial charge in [0.2, 0.25) is 0 Å². The van der Waals surface area contributed by atoms with Gasteiger partial charge in [-0.1, -0.05) is 56.8 Å². The van der Waals surface area contributed by atoms with Gasteiger partial charge < -0.3 is 5.32 Å². The molecule has 0 amide bonds. The molecule has 1 aliphatic rings. The lowest BCUT2D eigenvalue weighted by atomic mass is 9.75. The number of rotatable bonds is 6. The van der Waals surface area contributed by atoms with E-state index in [4.69, 9.17) is 11.6 Å². The zero-order chi connectivity index (χ0) is 15.2. The van der Waals surface area contributed by atoms with Crippen molar-refractivity contribution in [2.75, 3.05) is 6.54 Å². The molecule has 1 fully saturated rings. The highest BCUT2D eigenvalue weighted by atomic mass is 35.5. The molecule has 3 unspecified atom stereocenters. The predicted molar refractivity (Wildman–Crippen MR) is 93.0 cm³/mol. The van der Waals surface area contributed by atoms with Crippen LogP contribution in [0.25, 0.3) is 0 Å².